The molecule has 0 aromatic carbocycles. The van der Waals surface area contributed by atoms with Gasteiger partial charge in [0.05, 0.1) is 23.0 Å². The molecule has 0 amide bonds. The summed E-state index contributed by atoms with van der Waals surface area (Å²) in [4.78, 5) is 86.7. The Morgan fingerprint density at radius 1 is 0.260 bits per heavy atom. The van der Waals surface area contributed by atoms with Gasteiger partial charge in [0.25, 0.3) is 0 Å². The van der Waals surface area contributed by atoms with Gasteiger partial charge in [-0.1, -0.05) is 305 Å². The van der Waals surface area contributed by atoms with E-state index in [0.717, 1.165) is 11.8 Å². The quantitative estimate of drug-likeness (QED) is 0.0234. The maximum atomic E-state index is 11.5. The maximum Gasteiger partial charge on any atom is 2.00 e. The molecule has 0 saturated heterocycles. The molecule has 0 heterocycles. The average molecular weight is 2190 g/mol. The van der Waals surface area contributed by atoms with E-state index in [1.54, 1.807) is 0 Å². The maximum absolute atomic E-state index is 11.5. The summed E-state index contributed by atoms with van der Waals surface area (Å²) in [6.07, 6.45) is 64.0. The Balaban J connectivity index is -0.0000000611. The molecule has 8 N–H and O–H groups in total. The number of aliphatic hydroxyl groups excluding tert-OH is 8. The zero-order chi connectivity index (χ0) is 94.4. The third kappa shape index (κ3) is 120. The van der Waals surface area contributed by atoms with Gasteiger partial charge in [0.2, 0.25) is 0 Å². The fourth-order valence-corrected chi connectivity index (χ4v) is 8.21. The predicted molar refractivity (Wildman–Crippen MR) is 555 cm³/mol. The molecule has 2 bridgehead atoms. The number of rotatable bonds is 16. The van der Waals surface area contributed by atoms with E-state index >= 15 is 0 Å². The van der Waals surface area contributed by atoms with E-state index in [4.69, 9.17) is 10.2 Å². The van der Waals surface area contributed by atoms with Crippen LogP contribution in [0.5, 0.6) is 0 Å². The zero-order valence-corrected chi connectivity index (χ0v) is 97.3. The minimum absolute atomic E-state index is 0. The molecule has 5 aliphatic carbocycles. The fraction of sp³-hybridized carbons (Fsp3) is 0.568. The summed E-state index contributed by atoms with van der Waals surface area (Å²) >= 11 is 0. The van der Waals surface area contributed by atoms with Crippen molar-refractivity contribution in [3.05, 3.63) is 251 Å². The van der Waals surface area contributed by atoms with E-state index in [1.807, 2.05) is 208 Å². The van der Waals surface area contributed by atoms with Crippen LogP contribution in [-0.2, 0) is 116 Å². The minimum atomic E-state index is -0.417. The summed E-state index contributed by atoms with van der Waals surface area (Å²) in [5.41, 5.74) is -2.16. The van der Waals surface area contributed by atoms with E-state index in [9.17, 15) is 69.0 Å². The van der Waals surface area contributed by atoms with Gasteiger partial charge < -0.3 is 100 Å². The first-order valence-corrected chi connectivity index (χ1v) is 42.9. The monoisotopic (exact) mass is 2190 g/mol. The summed E-state index contributed by atoms with van der Waals surface area (Å²) in [6, 6.07) is 0. The second-order valence-electron chi connectivity index (χ2n) is 38.4. The van der Waals surface area contributed by atoms with E-state index in [1.165, 1.54) is 160 Å². The van der Waals surface area contributed by atoms with E-state index in [0.29, 0.717) is 24.7 Å². The smallest absolute Gasteiger partial charge is 0.512 e. The zero-order valence-electron chi connectivity index (χ0n) is 90.3. The second kappa shape index (κ2) is 94.5. The van der Waals surface area contributed by atoms with Gasteiger partial charge in [-0.05, 0) is 135 Å². The van der Waals surface area contributed by atoms with Crippen molar-refractivity contribution in [1.82, 2.24) is 0 Å². The van der Waals surface area contributed by atoms with Crippen molar-refractivity contribution in [2.75, 3.05) is 0 Å². The average Bonchev–Trinajstić information content (AvgIpc) is 1.76. The van der Waals surface area contributed by atoms with Crippen molar-refractivity contribution in [3.63, 3.8) is 0 Å². The molecule has 0 aromatic heterocycles. The van der Waals surface area contributed by atoms with Crippen molar-refractivity contribution in [1.29, 1.82) is 0 Å². The number of ketones is 8. The number of hydrogen-bond donors (Lipinski definition) is 8. The van der Waals surface area contributed by atoms with Crippen LogP contribution in [0.4, 0.5) is 0 Å². The van der Waals surface area contributed by atoms with E-state index in [-0.39, 0.29) is 275 Å². The number of hydrogen-bond acceptors (Lipinski definition) is 16. The molecular weight excluding hydrogens is 1990 g/mol. The summed E-state index contributed by atoms with van der Waals surface area (Å²) in [6.45, 7) is 61.6. The minimum Gasteiger partial charge on any atom is -0.512 e. The molecule has 0 spiro atoms. The Hall–Kier alpha value is -5.91. The molecular formula is C111H196O16Ru4. The number of carbonyl (C=O) groups excluding carboxylic acids is 8. The van der Waals surface area contributed by atoms with Crippen LogP contribution in [0, 0.1) is 139 Å². The van der Waals surface area contributed by atoms with Crippen LogP contribution in [0.15, 0.2) is 192 Å². The van der Waals surface area contributed by atoms with Crippen LogP contribution in [0.2, 0.25) is 0 Å². The third-order valence-corrected chi connectivity index (χ3v) is 16.4. The van der Waals surface area contributed by atoms with Gasteiger partial charge in [0, 0.05) is 118 Å². The van der Waals surface area contributed by atoms with Crippen molar-refractivity contribution in [2.24, 2.45) is 79.8 Å². The second-order valence-corrected chi connectivity index (χ2v) is 38.4. The standard InChI is InChI=1S/2C11H20O2.2C9H16O2.4C8H14O2.3C8H12.C7H8.8CH3.4Ru/c2*1-10(2,3)8(12)7-9(13)11(4,5)6;2*1-6(2)8(10)5-9(11)7(3)4;2*1-6(9)5-7(10)8(2,3)4;2*1-6(2)4-8(10)5-7(3)9;3*1-2-4-6-8-7-5-3-1;1-2-7-4-3-6(1)5-7;;;;;;;;;;;;/h2*7,12H,1-6H3;2*5-7,10H,1-4H3;2*5,10H,1-4H3;2*5-6,10H,4H2,1-3H3;3*1-2,7-8H,3-6H2;1-4,6-7H,5H2;8*1H3;;;;/q;;;;;;;;;;;;8*-1;4*+2/b;;;;;;;;3*2-1-,8-7?;;;;;;;;;;;;;. The van der Waals surface area contributed by atoms with Crippen LogP contribution < -0.4 is 0 Å². The third-order valence-electron chi connectivity index (χ3n) is 16.4. The topological polar surface area (TPSA) is 298 Å². The molecule has 0 aromatic rings. The van der Waals surface area contributed by atoms with Crippen LogP contribution in [0.1, 0.15) is 332 Å². The Morgan fingerprint density at radius 2 is 0.420 bits per heavy atom. The molecule has 131 heavy (non-hydrogen) atoms. The normalized spacial score (nSPS) is 15.6. The summed E-state index contributed by atoms with van der Waals surface area (Å²) < 4.78 is 0. The summed E-state index contributed by atoms with van der Waals surface area (Å²) in [5, 5.41) is 73.9. The molecule has 16 nitrogen and oxygen atoms in total. The van der Waals surface area contributed by atoms with Crippen LogP contribution in [-0.4, -0.2) is 87.1 Å². The Bertz CT molecular complexity index is 3130. The first-order valence-electron chi connectivity index (χ1n) is 42.9. The Kier molecular flexibility index (Phi) is 123. The number of fused-ring (bicyclic) bond motifs is 2. The van der Waals surface area contributed by atoms with Gasteiger partial charge in [-0.15, -0.1) is 0 Å². The van der Waals surface area contributed by atoms with Crippen molar-refractivity contribution >= 4 is 46.3 Å². The largest absolute Gasteiger partial charge is 2.00 e. The van der Waals surface area contributed by atoms with Gasteiger partial charge in [-0.3, -0.25) is 38.4 Å². The van der Waals surface area contributed by atoms with Crippen LogP contribution in [0.3, 0.4) is 0 Å². The van der Waals surface area contributed by atoms with Gasteiger partial charge in [-0.25, -0.2) is 0 Å². The van der Waals surface area contributed by atoms with Crippen molar-refractivity contribution in [3.8, 4) is 0 Å². The molecule has 0 fully saturated rings. The van der Waals surface area contributed by atoms with Gasteiger partial charge in [0.15, 0.2) is 46.3 Å². The molecule has 0 aliphatic heterocycles. The van der Waals surface area contributed by atoms with Crippen molar-refractivity contribution < 1.29 is 157 Å². The number of aliphatic hydroxyl groups is 8. The van der Waals surface area contributed by atoms with Crippen LogP contribution >= 0.6 is 0 Å². The molecule has 0 atom stereocenters. The molecule has 0 unspecified atom stereocenters. The number of allylic oxidation sites excluding steroid dienone is 32. The molecule has 5 rings (SSSR count). The SMILES string of the molecule is C1=CC2C=CC1C2.C1=CCC/C=C\CC1.C1=CCC/C=C\CC1.C1=CCC/C=C\CC1.CC(=O)C=C(O)C(C)(C)C.CC(=O)C=C(O)C(C)(C)C.CC(=O)C=C(O)CC(C)C.CC(=O)C=C(O)CC(C)C.CC(C)(C)C(=O)C=C(O)C(C)(C)C.CC(C)(C)C(=O)C=C(O)C(C)(C)C.CC(C)C(=O)C=C(O)C(C)C.CC(C)C(=O)C=C(O)C(C)C.[CH3-].[CH3-].[CH3-].[CH3-].[CH3-].[CH3-].[CH3-].[CH3-].[Ru+2].[Ru+2].[Ru+2].[Ru+2]. The van der Waals surface area contributed by atoms with E-state index < -0.39 is 10.8 Å². The van der Waals surface area contributed by atoms with Gasteiger partial charge >= 0.3 is 77.9 Å². The predicted octanol–water partition coefficient (Wildman–Crippen LogP) is 32.4. The summed E-state index contributed by atoms with van der Waals surface area (Å²) in [5.74, 6) is 3.16. The first kappa shape index (κ1) is 171. The first-order chi connectivity index (χ1) is 54.2. The van der Waals surface area contributed by atoms with Crippen molar-refractivity contribution in [2.45, 2.75) is 332 Å². The van der Waals surface area contributed by atoms with Gasteiger partial charge in [-0.2, -0.15) is 0 Å². The molecule has 768 valence electrons. The fourth-order valence-electron chi connectivity index (χ4n) is 8.21. The van der Waals surface area contributed by atoms with Crippen LogP contribution in [0.25, 0.3) is 0 Å². The van der Waals surface area contributed by atoms with Gasteiger partial charge in [0.1, 0.15) is 23.0 Å². The molecule has 0 saturated carbocycles. The molecule has 0 radical (unpaired) electrons. The Labute approximate surface area is 859 Å². The van der Waals surface area contributed by atoms with E-state index in [2.05, 4.69) is 97.2 Å². The molecule has 20 heteroatoms. The Morgan fingerprint density at radius 3 is 0.519 bits per heavy atom. The number of carbonyl (C=O) groups is 8. The molecule has 5 aliphatic rings. The summed E-state index contributed by atoms with van der Waals surface area (Å²) in [7, 11) is 0.